The van der Waals surface area contributed by atoms with Crippen LogP contribution in [0, 0.1) is 6.92 Å². The minimum Gasteiger partial charge on any atom is -0.387 e. The van der Waals surface area contributed by atoms with Crippen LogP contribution in [0.5, 0.6) is 0 Å². The smallest absolute Gasteiger partial charge is 0.315 e. The van der Waals surface area contributed by atoms with Crippen LogP contribution < -0.4 is 10.6 Å². The number of rotatable bonds is 4. The highest BCUT2D eigenvalue weighted by molar-refractivity contribution is 5.74. The van der Waals surface area contributed by atoms with Gasteiger partial charge in [-0.15, -0.1) is 0 Å². The van der Waals surface area contributed by atoms with Gasteiger partial charge in [0.1, 0.15) is 0 Å². The van der Waals surface area contributed by atoms with Crippen LogP contribution in [-0.2, 0) is 0 Å². The molecule has 1 unspecified atom stereocenters. The van der Waals surface area contributed by atoms with E-state index >= 15 is 0 Å². The Kier molecular flexibility index (Phi) is 4.80. The average molecular weight is 262 g/mol. The largest absolute Gasteiger partial charge is 0.387 e. The molecule has 2 amide bonds. The Morgan fingerprint density at radius 3 is 2.84 bits per heavy atom. The normalized spacial score (nSPS) is 17.2. The van der Waals surface area contributed by atoms with E-state index in [1.54, 1.807) is 0 Å². The van der Waals surface area contributed by atoms with E-state index in [4.69, 9.17) is 0 Å². The Hall–Kier alpha value is -1.55. The number of nitrogens with one attached hydrogen (secondary N) is 2. The first-order valence-corrected chi connectivity index (χ1v) is 6.94. The van der Waals surface area contributed by atoms with Crippen molar-refractivity contribution in [3.8, 4) is 0 Å². The minimum absolute atomic E-state index is 0.182. The van der Waals surface area contributed by atoms with Crippen molar-refractivity contribution in [3.05, 3.63) is 35.4 Å². The summed E-state index contributed by atoms with van der Waals surface area (Å²) in [6.07, 6.45) is 3.85. The zero-order valence-corrected chi connectivity index (χ0v) is 11.4. The van der Waals surface area contributed by atoms with Crippen LogP contribution in [-0.4, -0.2) is 23.7 Å². The van der Waals surface area contributed by atoms with Crippen LogP contribution in [0.25, 0.3) is 0 Å². The van der Waals surface area contributed by atoms with Crippen LogP contribution in [0.2, 0.25) is 0 Å². The number of benzene rings is 1. The fraction of sp³-hybridized carbons (Fsp3) is 0.533. The number of aryl methyl sites for hydroxylation is 1. The summed E-state index contributed by atoms with van der Waals surface area (Å²) < 4.78 is 0. The van der Waals surface area contributed by atoms with Crippen molar-refractivity contribution in [2.24, 2.45) is 0 Å². The molecule has 1 fully saturated rings. The van der Waals surface area contributed by atoms with Crippen molar-refractivity contribution in [1.29, 1.82) is 0 Å². The summed E-state index contributed by atoms with van der Waals surface area (Å²) in [6.45, 7) is 2.22. The Morgan fingerprint density at radius 1 is 1.42 bits per heavy atom. The van der Waals surface area contributed by atoms with Gasteiger partial charge in [0.05, 0.1) is 6.10 Å². The molecule has 2 rings (SSSR count). The molecule has 0 radical (unpaired) electrons. The van der Waals surface area contributed by atoms with Gasteiger partial charge >= 0.3 is 6.03 Å². The van der Waals surface area contributed by atoms with Gasteiger partial charge in [-0.05, 0) is 25.3 Å². The summed E-state index contributed by atoms with van der Waals surface area (Å²) in [5, 5.41) is 15.7. The maximum atomic E-state index is 11.7. The van der Waals surface area contributed by atoms with E-state index in [9.17, 15) is 9.90 Å². The molecule has 1 aliphatic carbocycles. The summed E-state index contributed by atoms with van der Waals surface area (Å²) in [7, 11) is 0. The van der Waals surface area contributed by atoms with E-state index in [2.05, 4.69) is 10.6 Å². The predicted octanol–water partition coefficient (Wildman–Crippen LogP) is 2.27. The first-order chi connectivity index (χ1) is 9.15. The second kappa shape index (κ2) is 6.57. The number of aliphatic hydroxyl groups excluding tert-OH is 1. The highest BCUT2D eigenvalue weighted by Gasteiger charge is 2.17. The van der Waals surface area contributed by atoms with Gasteiger partial charge in [0.25, 0.3) is 0 Å². The Balaban J connectivity index is 1.76. The van der Waals surface area contributed by atoms with Crippen LogP contribution >= 0.6 is 0 Å². The van der Waals surface area contributed by atoms with Crippen molar-refractivity contribution >= 4 is 6.03 Å². The van der Waals surface area contributed by atoms with Crippen molar-refractivity contribution in [3.63, 3.8) is 0 Å². The number of amides is 2. The summed E-state index contributed by atoms with van der Waals surface area (Å²) in [6, 6.07) is 7.81. The van der Waals surface area contributed by atoms with Crippen molar-refractivity contribution in [2.75, 3.05) is 6.54 Å². The molecule has 4 nitrogen and oxygen atoms in total. The predicted molar refractivity (Wildman–Crippen MR) is 74.9 cm³/mol. The van der Waals surface area contributed by atoms with Gasteiger partial charge in [-0.25, -0.2) is 4.79 Å². The van der Waals surface area contributed by atoms with Gasteiger partial charge < -0.3 is 15.7 Å². The second-order valence-electron chi connectivity index (χ2n) is 5.27. The molecule has 1 atom stereocenters. The zero-order valence-electron chi connectivity index (χ0n) is 11.4. The van der Waals surface area contributed by atoms with Gasteiger partial charge in [0.15, 0.2) is 0 Å². The third kappa shape index (κ3) is 4.24. The van der Waals surface area contributed by atoms with E-state index in [0.29, 0.717) is 6.04 Å². The lowest BCUT2D eigenvalue weighted by atomic mass is 10.1. The molecular formula is C15H22N2O2. The lowest BCUT2D eigenvalue weighted by Crippen LogP contribution is -2.42. The molecule has 3 N–H and O–H groups in total. The van der Waals surface area contributed by atoms with E-state index < -0.39 is 6.10 Å². The molecule has 0 aliphatic heterocycles. The topological polar surface area (TPSA) is 61.4 Å². The van der Waals surface area contributed by atoms with Gasteiger partial charge in [-0.2, -0.15) is 0 Å². The molecule has 0 heterocycles. The molecule has 0 aromatic heterocycles. The zero-order chi connectivity index (χ0) is 13.7. The van der Waals surface area contributed by atoms with Gasteiger partial charge in [-0.1, -0.05) is 42.7 Å². The lowest BCUT2D eigenvalue weighted by molar-refractivity contribution is 0.172. The summed E-state index contributed by atoms with van der Waals surface area (Å²) in [5.74, 6) is 0. The van der Waals surface area contributed by atoms with E-state index in [0.717, 1.165) is 24.0 Å². The Bertz CT molecular complexity index is 428. The van der Waals surface area contributed by atoms with E-state index in [1.165, 1.54) is 12.8 Å². The SMILES string of the molecule is Cc1cccc(C(O)CNC(=O)NC2CCCC2)c1. The average Bonchev–Trinajstić information content (AvgIpc) is 2.88. The molecule has 0 bridgehead atoms. The fourth-order valence-electron chi connectivity index (χ4n) is 2.49. The van der Waals surface area contributed by atoms with Crippen LogP contribution in [0.4, 0.5) is 4.79 Å². The monoisotopic (exact) mass is 262 g/mol. The number of hydrogen-bond donors (Lipinski definition) is 3. The molecule has 104 valence electrons. The number of aliphatic hydroxyl groups is 1. The van der Waals surface area contributed by atoms with Crippen molar-refractivity contribution < 1.29 is 9.90 Å². The van der Waals surface area contributed by atoms with Crippen LogP contribution in [0.3, 0.4) is 0 Å². The lowest BCUT2D eigenvalue weighted by Gasteiger charge is -2.16. The maximum Gasteiger partial charge on any atom is 0.315 e. The molecule has 19 heavy (non-hydrogen) atoms. The highest BCUT2D eigenvalue weighted by atomic mass is 16.3. The van der Waals surface area contributed by atoms with Gasteiger partial charge in [0.2, 0.25) is 0 Å². The van der Waals surface area contributed by atoms with Crippen molar-refractivity contribution in [1.82, 2.24) is 10.6 Å². The van der Waals surface area contributed by atoms with Crippen molar-refractivity contribution in [2.45, 2.75) is 44.8 Å². The summed E-state index contributed by atoms with van der Waals surface area (Å²) in [5.41, 5.74) is 1.94. The minimum atomic E-state index is -0.658. The number of urea groups is 1. The second-order valence-corrected chi connectivity index (χ2v) is 5.27. The molecule has 1 aliphatic rings. The molecule has 4 heteroatoms. The van der Waals surface area contributed by atoms with Gasteiger partial charge in [-0.3, -0.25) is 0 Å². The van der Waals surface area contributed by atoms with Gasteiger partial charge in [0, 0.05) is 12.6 Å². The molecular weight excluding hydrogens is 240 g/mol. The quantitative estimate of drug-likeness (QED) is 0.779. The Morgan fingerprint density at radius 2 is 2.16 bits per heavy atom. The summed E-state index contributed by atoms with van der Waals surface area (Å²) in [4.78, 5) is 11.7. The number of carbonyl (C=O) groups is 1. The first-order valence-electron chi connectivity index (χ1n) is 6.94. The molecule has 0 spiro atoms. The third-order valence-electron chi connectivity index (χ3n) is 3.57. The van der Waals surface area contributed by atoms with E-state index in [1.807, 2.05) is 31.2 Å². The molecule has 1 saturated carbocycles. The summed E-state index contributed by atoms with van der Waals surface area (Å²) >= 11 is 0. The van der Waals surface area contributed by atoms with E-state index in [-0.39, 0.29) is 12.6 Å². The molecule has 0 saturated heterocycles. The van der Waals surface area contributed by atoms with Crippen LogP contribution in [0.15, 0.2) is 24.3 Å². The standard InChI is InChI=1S/C15H22N2O2/c1-11-5-4-6-12(9-11)14(18)10-16-15(19)17-13-7-2-3-8-13/h4-6,9,13-14,18H,2-3,7-8,10H2,1H3,(H2,16,17,19). The Labute approximate surface area is 114 Å². The first kappa shape index (κ1) is 13.9. The highest BCUT2D eigenvalue weighted by Crippen LogP contribution is 2.17. The third-order valence-corrected chi connectivity index (χ3v) is 3.57. The maximum absolute atomic E-state index is 11.7. The molecule has 1 aromatic carbocycles. The van der Waals surface area contributed by atoms with Crippen LogP contribution in [0.1, 0.15) is 42.9 Å². The molecule has 1 aromatic rings. The number of hydrogen-bond acceptors (Lipinski definition) is 2. The number of carbonyl (C=O) groups excluding carboxylic acids is 1. The fourth-order valence-corrected chi connectivity index (χ4v) is 2.49.